The minimum absolute atomic E-state index is 0.0472. The third-order valence-electron chi connectivity index (χ3n) is 3.91. The predicted octanol–water partition coefficient (Wildman–Crippen LogP) is 4.35. The number of nitrogens with two attached hydrogens (primary N) is 1. The molecule has 0 unspecified atom stereocenters. The lowest BCUT2D eigenvalue weighted by molar-refractivity contribution is -0.137. The molecule has 2 aromatic carbocycles. The number of amides is 1. The number of carbonyl (C=O) groups excluding carboxylic acids is 1. The summed E-state index contributed by atoms with van der Waals surface area (Å²) in [4.78, 5) is 16.0. The summed E-state index contributed by atoms with van der Waals surface area (Å²) in [5, 5.41) is 0.119. The molecule has 0 radical (unpaired) electrons. The van der Waals surface area contributed by atoms with Gasteiger partial charge in [0, 0.05) is 5.39 Å². The van der Waals surface area contributed by atoms with Gasteiger partial charge >= 0.3 is 6.18 Å². The molecule has 0 bridgehead atoms. The summed E-state index contributed by atoms with van der Waals surface area (Å²) in [6, 6.07) is 11.6. The maximum absolute atomic E-state index is 12.9. The van der Waals surface area contributed by atoms with E-state index in [0.29, 0.717) is 5.69 Å². The lowest BCUT2D eigenvalue weighted by Crippen LogP contribution is -2.21. The number of alkyl halides is 3. The highest BCUT2D eigenvalue weighted by Gasteiger charge is 2.30. The first-order valence-corrected chi connectivity index (χ1v) is 7.86. The summed E-state index contributed by atoms with van der Waals surface area (Å²) < 4.78 is 44.1. The van der Waals surface area contributed by atoms with Crippen molar-refractivity contribution in [2.45, 2.75) is 19.5 Å². The Morgan fingerprint density at radius 1 is 1.12 bits per heavy atom. The normalized spacial score (nSPS) is 12.5. The van der Waals surface area contributed by atoms with Gasteiger partial charge in [-0.1, -0.05) is 19.1 Å². The molecule has 3 rings (SSSR count). The van der Waals surface area contributed by atoms with Crippen molar-refractivity contribution in [1.29, 1.82) is 0 Å². The first-order valence-electron chi connectivity index (χ1n) is 7.86. The smallest absolute Gasteiger partial charge is 0.416 e. The van der Waals surface area contributed by atoms with Crippen molar-refractivity contribution in [3.63, 3.8) is 0 Å². The van der Waals surface area contributed by atoms with Gasteiger partial charge in [-0.15, -0.1) is 0 Å². The van der Waals surface area contributed by atoms with E-state index in [1.54, 1.807) is 12.1 Å². The second-order valence-electron chi connectivity index (χ2n) is 5.71. The number of fused-ring (bicyclic) bond motifs is 1. The second kappa shape index (κ2) is 6.67. The van der Waals surface area contributed by atoms with Crippen LogP contribution in [-0.4, -0.2) is 5.91 Å². The van der Waals surface area contributed by atoms with Crippen LogP contribution in [0.3, 0.4) is 0 Å². The second-order valence-corrected chi connectivity index (χ2v) is 5.71. The Morgan fingerprint density at radius 3 is 2.38 bits per heavy atom. The van der Waals surface area contributed by atoms with Crippen LogP contribution in [0.25, 0.3) is 11.0 Å². The van der Waals surface area contributed by atoms with Crippen molar-refractivity contribution in [3.05, 3.63) is 70.8 Å². The molecule has 0 atom stereocenters. The van der Waals surface area contributed by atoms with Crippen LogP contribution in [0.15, 0.2) is 57.9 Å². The zero-order valence-corrected chi connectivity index (χ0v) is 13.8. The first kappa shape index (κ1) is 17.7. The van der Waals surface area contributed by atoms with Gasteiger partial charge in [0.15, 0.2) is 0 Å². The number of hydrogen-bond acceptors (Lipinski definition) is 3. The summed E-state index contributed by atoms with van der Waals surface area (Å²) >= 11 is 0. The molecule has 1 aromatic heterocycles. The molecule has 0 aliphatic carbocycles. The van der Waals surface area contributed by atoms with E-state index in [-0.39, 0.29) is 22.1 Å². The fourth-order valence-electron chi connectivity index (χ4n) is 2.49. The summed E-state index contributed by atoms with van der Waals surface area (Å²) in [5.74, 6) is -0.836. The van der Waals surface area contributed by atoms with E-state index < -0.39 is 17.6 Å². The van der Waals surface area contributed by atoms with Gasteiger partial charge in [0.2, 0.25) is 5.55 Å². The number of halogens is 3. The fourth-order valence-corrected chi connectivity index (χ4v) is 2.49. The maximum atomic E-state index is 12.9. The number of nitrogens with zero attached hydrogens (tertiary/aromatic N) is 1. The van der Waals surface area contributed by atoms with Gasteiger partial charge in [-0.25, -0.2) is 4.99 Å². The summed E-state index contributed by atoms with van der Waals surface area (Å²) in [5.41, 5.74) is 6.21. The van der Waals surface area contributed by atoms with Crippen LogP contribution in [0.5, 0.6) is 0 Å². The molecule has 1 heterocycles. The minimum atomic E-state index is -4.49. The van der Waals surface area contributed by atoms with Gasteiger partial charge in [0.05, 0.1) is 11.3 Å². The molecule has 0 aliphatic rings. The van der Waals surface area contributed by atoms with Crippen LogP contribution in [-0.2, 0) is 12.6 Å². The van der Waals surface area contributed by atoms with E-state index in [9.17, 15) is 18.0 Å². The summed E-state index contributed by atoms with van der Waals surface area (Å²) in [6.07, 6.45) is -3.63. The Kier molecular flexibility index (Phi) is 4.54. The molecule has 0 spiro atoms. The van der Waals surface area contributed by atoms with Crippen molar-refractivity contribution >= 4 is 22.6 Å². The average molecular weight is 360 g/mol. The van der Waals surface area contributed by atoms with Crippen LogP contribution >= 0.6 is 0 Å². The molecule has 1 amide bonds. The van der Waals surface area contributed by atoms with Crippen LogP contribution < -0.4 is 11.3 Å². The van der Waals surface area contributed by atoms with Gasteiger partial charge in [-0.3, -0.25) is 4.79 Å². The van der Waals surface area contributed by atoms with Gasteiger partial charge in [-0.05, 0) is 48.4 Å². The lowest BCUT2D eigenvalue weighted by Gasteiger charge is -2.08. The van der Waals surface area contributed by atoms with E-state index in [1.165, 1.54) is 12.1 Å². The highest BCUT2D eigenvalue weighted by atomic mass is 19.4. The number of primary amides is 1. The van der Waals surface area contributed by atoms with E-state index in [4.69, 9.17) is 10.2 Å². The molecule has 0 fully saturated rings. The minimum Gasteiger partial charge on any atom is -0.438 e. The van der Waals surface area contributed by atoms with Gasteiger partial charge < -0.3 is 10.2 Å². The van der Waals surface area contributed by atoms with Gasteiger partial charge in [-0.2, -0.15) is 13.2 Å². The monoisotopic (exact) mass is 360 g/mol. The highest BCUT2D eigenvalue weighted by Crippen LogP contribution is 2.31. The van der Waals surface area contributed by atoms with Crippen molar-refractivity contribution < 1.29 is 22.4 Å². The Hall–Kier alpha value is -3.09. The number of aryl methyl sites for hydroxylation is 1. The third kappa shape index (κ3) is 3.61. The molecule has 0 saturated heterocycles. The predicted molar refractivity (Wildman–Crippen MR) is 90.8 cm³/mol. The molecule has 2 N–H and O–H groups in total. The number of hydrogen-bond donors (Lipinski definition) is 1. The van der Waals surface area contributed by atoms with Gasteiger partial charge in [0.25, 0.3) is 5.91 Å². The molecule has 4 nitrogen and oxygen atoms in total. The van der Waals surface area contributed by atoms with Crippen molar-refractivity contribution in [3.8, 4) is 0 Å². The number of rotatable bonds is 3. The zero-order valence-electron chi connectivity index (χ0n) is 13.8. The quantitative estimate of drug-likeness (QED) is 0.755. The summed E-state index contributed by atoms with van der Waals surface area (Å²) in [7, 11) is 0. The first-order chi connectivity index (χ1) is 12.3. The molecule has 0 saturated carbocycles. The fraction of sp³-hybridized carbons (Fsp3) is 0.158. The van der Waals surface area contributed by atoms with Crippen LogP contribution in [0.4, 0.5) is 18.9 Å². The Balaban J connectivity index is 2.19. The van der Waals surface area contributed by atoms with E-state index in [1.807, 2.05) is 19.1 Å². The molecule has 26 heavy (non-hydrogen) atoms. The Bertz CT molecular complexity index is 1040. The van der Waals surface area contributed by atoms with E-state index >= 15 is 0 Å². The van der Waals surface area contributed by atoms with E-state index in [2.05, 4.69) is 4.99 Å². The average Bonchev–Trinajstić information content (AvgIpc) is 2.60. The molecular formula is C19H15F3N2O2. The SMILES string of the molecule is CCc1ccc(N=c2oc3ccc(C(F)(F)F)cc3cc2C(N)=O)cc1. The number of benzene rings is 2. The van der Waals surface area contributed by atoms with Crippen molar-refractivity contribution in [1.82, 2.24) is 0 Å². The van der Waals surface area contributed by atoms with E-state index in [0.717, 1.165) is 24.1 Å². The van der Waals surface area contributed by atoms with Gasteiger partial charge in [0.1, 0.15) is 11.1 Å². The largest absolute Gasteiger partial charge is 0.438 e. The standard InChI is InChI=1S/C19H15F3N2O2/c1-2-11-3-6-14(7-4-11)24-18-15(17(23)25)10-12-9-13(19(20,21)22)5-8-16(12)26-18/h3-10H,2H2,1H3,(H2,23,25). The third-order valence-corrected chi connectivity index (χ3v) is 3.91. The summed E-state index contributed by atoms with van der Waals surface area (Å²) in [6.45, 7) is 2.02. The molecule has 7 heteroatoms. The molecule has 3 aromatic rings. The Labute approximate surface area is 146 Å². The Morgan fingerprint density at radius 2 is 1.81 bits per heavy atom. The zero-order chi connectivity index (χ0) is 18.9. The highest BCUT2D eigenvalue weighted by molar-refractivity contribution is 5.95. The van der Waals surface area contributed by atoms with Crippen LogP contribution in [0.2, 0.25) is 0 Å². The van der Waals surface area contributed by atoms with Crippen LogP contribution in [0, 0.1) is 0 Å². The topological polar surface area (TPSA) is 68.6 Å². The lowest BCUT2D eigenvalue weighted by atomic mass is 10.1. The molecule has 0 aliphatic heterocycles. The maximum Gasteiger partial charge on any atom is 0.416 e. The molecular weight excluding hydrogens is 345 g/mol. The molecule has 134 valence electrons. The van der Waals surface area contributed by atoms with Crippen molar-refractivity contribution in [2.24, 2.45) is 10.7 Å². The number of carbonyl (C=O) groups is 1. The van der Waals surface area contributed by atoms with Crippen molar-refractivity contribution in [2.75, 3.05) is 0 Å². The van der Waals surface area contributed by atoms with Crippen LogP contribution in [0.1, 0.15) is 28.4 Å².